The minimum Gasteiger partial charge on any atom is -0.391 e. The van der Waals surface area contributed by atoms with Crippen molar-refractivity contribution >= 4 is 0 Å². The monoisotopic (exact) mass is 143 g/mol. The molecule has 0 heterocycles. The lowest BCUT2D eigenvalue weighted by Gasteiger charge is -2.24. The summed E-state index contributed by atoms with van der Waals surface area (Å²) in [6.07, 6.45) is 2.12. The average molecular weight is 143 g/mol. The lowest BCUT2D eigenvalue weighted by molar-refractivity contribution is 0.0883. The molecule has 0 radical (unpaired) electrons. The summed E-state index contributed by atoms with van der Waals surface area (Å²) >= 11 is 0. The van der Waals surface area contributed by atoms with Gasteiger partial charge >= 0.3 is 0 Å². The molecule has 0 aromatic heterocycles. The number of hydrogen-bond acceptors (Lipinski definition) is 2. The van der Waals surface area contributed by atoms with Gasteiger partial charge < -0.3 is 10.0 Å². The van der Waals surface area contributed by atoms with Crippen LogP contribution < -0.4 is 0 Å². The highest BCUT2D eigenvalue weighted by molar-refractivity contribution is 4.78. The van der Waals surface area contributed by atoms with E-state index in [9.17, 15) is 5.11 Å². The van der Waals surface area contributed by atoms with Gasteiger partial charge in [0, 0.05) is 6.04 Å². The molecule has 60 valence electrons. The van der Waals surface area contributed by atoms with Crippen molar-refractivity contribution in [3.63, 3.8) is 0 Å². The van der Waals surface area contributed by atoms with Crippen LogP contribution in [-0.4, -0.2) is 36.2 Å². The number of hydrogen-bond donors (Lipinski definition) is 1. The summed E-state index contributed by atoms with van der Waals surface area (Å²) in [5, 5.41) is 9.38. The standard InChI is InChI=1S/C8H17NO/c1-5-6-8(10)7(2)9(3)4/h5,7-8,10H,1,6H2,2-4H3/t7-,8-/m0/s1. The van der Waals surface area contributed by atoms with E-state index < -0.39 is 0 Å². The Labute approximate surface area is 63.2 Å². The van der Waals surface area contributed by atoms with E-state index in [0.717, 1.165) is 0 Å². The highest BCUT2D eigenvalue weighted by atomic mass is 16.3. The molecule has 0 aromatic rings. The molecule has 2 nitrogen and oxygen atoms in total. The van der Waals surface area contributed by atoms with E-state index in [-0.39, 0.29) is 12.1 Å². The molecular formula is C8H17NO. The van der Waals surface area contributed by atoms with Gasteiger partial charge in [0.15, 0.2) is 0 Å². The van der Waals surface area contributed by atoms with Crippen molar-refractivity contribution in [2.75, 3.05) is 14.1 Å². The fourth-order valence-electron chi connectivity index (χ4n) is 0.712. The summed E-state index contributed by atoms with van der Waals surface area (Å²) in [6, 6.07) is 0.206. The molecule has 0 spiro atoms. The first kappa shape index (κ1) is 9.66. The maximum Gasteiger partial charge on any atom is 0.0726 e. The molecule has 0 saturated carbocycles. The predicted octanol–water partition coefficient (Wildman–Crippen LogP) is 0.873. The van der Waals surface area contributed by atoms with E-state index in [1.165, 1.54) is 0 Å². The maximum atomic E-state index is 9.38. The number of aliphatic hydroxyl groups excluding tert-OH is 1. The van der Waals surface area contributed by atoms with Crippen LogP contribution in [0.1, 0.15) is 13.3 Å². The minimum absolute atomic E-state index is 0.206. The summed E-state index contributed by atoms with van der Waals surface area (Å²) in [5.74, 6) is 0. The molecule has 0 unspecified atom stereocenters. The van der Waals surface area contributed by atoms with Crippen LogP contribution in [0, 0.1) is 0 Å². The Morgan fingerprint density at radius 3 is 2.40 bits per heavy atom. The van der Waals surface area contributed by atoms with Crippen LogP contribution in [0.25, 0.3) is 0 Å². The molecule has 0 aliphatic carbocycles. The average Bonchev–Trinajstić information content (AvgIpc) is 1.87. The van der Waals surface area contributed by atoms with Crippen molar-refractivity contribution in [2.24, 2.45) is 0 Å². The van der Waals surface area contributed by atoms with Crippen LogP contribution in [-0.2, 0) is 0 Å². The topological polar surface area (TPSA) is 23.5 Å². The normalized spacial score (nSPS) is 16.9. The van der Waals surface area contributed by atoms with Gasteiger partial charge in [-0.05, 0) is 27.4 Å². The zero-order valence-corrected chi connectivity index (χ0v) is 7.04. The fourth-order valence-corrected chi connectivity index (χ4v) is 0.712. The van der Waals surface area contributed by atoms with Gasteiger partial charge in [-0.15, -0.1) is 6.58 Å². The van der Waals surface area contributed by atoms with Crippen LogP contribution in [0.5, 0.6) is 0 Å². The molecule has 1 N–H and O–H groups in total. The van der Waals surface area contributed by atoms with Gasteiger partial charge in [0.05, 0.1) is 6.10 Å². The molecule has 0 bridgehead atoms. The van der Waals surface area contributed by atoms with E-state index in [1.807, 2.05) is 25.9 Å². The SMILES string of the molecule is C=CC[C@H](O)[C@H](C)N(C)C. The number of aliphatic hydroxyl groups is 1. The molecule has 0 rings (SSSR count). The van der Waals surface area contributed by atoms with Crippen LogP contribution in [0.15, 0.2) is 12.7 Å². The Bertz CT molecular complexity index is 101. The van der Waals surface area contributed by atoms with Crippen molar-refractivity contribution in [1.82, 2.24) is 4.90 Å². The highest BCUT2D eigenvalue weighted by Crippen LogP contribution is 2.03. The summed E-state index contributed by atoms with van der Waals surface area (Å²) < 4.78 is 0. The van der Waals surface area contributed by atoms with Gasteiger partial charge in [0.25, 0.3) is 0 Å². The van der Waals surface area contributed by atoms with E-state index in [2.05, 4.69) is 6.58 Å². The largest absolute Gasteiger partial charge is 0.391 e. The lowest BCUT2D eigenvalue weighted by atomic mass is 10.1. The zero-order valence-electron chi connectivity index (χ0n) is 7.04. The van der Waals surface area contributed by atoms with Gasteiger partial charge in [-0.25, -0.2) is 0 Å². The smallest absolute Gasteiger partial charge is 0.0726 e. The number of likely N-dealkylation sites (N-methyl/N-ethyl adjacent to an activating group) is 1. The Hall–Kier alpha value is -0.340. The third-order valence-corrected chi connectivity index (χ3v) is 1.78. The van der Waals surface area contributed by atoms with Crippen LogP contribution >= 0.6 is 0 Å². The highest BCUT2D eigenvalue weighted by Gasteiger charge is 2.13. The molecule has 0 aliphatic rings. The molecule has 2 heteroatoms. The summed E-state index contributed by atoms with van der Waals surface area (Å²) in [4.78, 5) is 1.99. The summed E-state index contributed by atoms with van der Waals surface area (Å²) in [5.41, 5.74) is 0. The van der Waals surface area contributed by atoms with E-state index in [4.69, 9.17) is 0 Å². The van der Waals surface area contributed by atoms with Gasteiger partial charge in [-0.1, -0.05) is 6.08 Å². The maximum absolute atomic E-state index is 9.38. The van der Waals surface area contributed by atoms with E-state index in [0.29, 0.717) is 6.42 Å². The van der Waals surface area contributed by atoms with Gasteiger partial charge in [-0.3, -0.25) is 0 Å². The van der Waals surface area contributed by atoms with Crippen molar-refractivity contribution in [1.29, 1.82) is 0 Å². The number of rotatable bonds is 4. The summed E-state index contributed by atoms with van der Waals surface area (Å²) in [6.45, 7) is 5.56. The quantitative estimate of drug-likeness (QED) is 0.590. The van der Waals surface area contributed by atoms with Crippen molar-refractivity contribution in [2.45, 2.75) is 25.5 Å². The number of nitrogens with zero attached hydrogens (tertiary/aromatic N) is 1. The molecular weight excluding hydrogens is 126 g/mol. The van der Waals surface area contributed by atoms with Gasteiger partial charge in [0.1, 0.15) is 0 Å². The van der Waals surface area contributed by atoms with Gasteiger partial charge in [-0.2, -0.15) is 0 Å². The van der Waals surface area contributed by atoms with E-state index in [1.54, 1.807) is 6.08 Å². The van der Waals surface area contributed by atoms with Crippen LogP contribution in [0.4, 0.5) is 0 Å². The van der Waals surface area contributed by atoms with Gasteiger partial charge in [0.2, 0.25) is 0 Å². The third kappa shape index (κ3) is 2.99. The molecule has 0 fully saturated rings. The summed E-state index contributed by atoms with van der Waals surface area (Å²) in [7, 11) is 3.91. The zero-order chi connectivity index (χ0) is 8.15. The third-order valence-electron chi connectivity index (χ3n) is 1.78. The lowest BCUT2D eigenvalue weighted by Crippen LogP contribution is -2.35. The predicted molar refractivity (Wildman–Crippen MR) is 44.0 cm³/mol. The molecule has 0 aromatic carbocycles. The Morgan fingerprint density at radius 1 is 1.60 bits per heavy atom. The molecule has 2 atom stereocenters. The molecule has 10 heavy (non-hydrogen) atoms. The second-order valence-corrected chi connectivity index (χ2v) is 2.80. The van der Waals surface area contributed by atoms with Crippen LogP contribution in [0.2, 0.25) is 0 Å². The molecule has 0 saturated heterocycles. The minimum atomic E-state index is -0.285. The Kier molecular flexibility index (Phi) is 4.32. The van der Waals surface area contributed by atoms with Crippen molar-refractivity contribution in [3.8, 4) is 0 Å². The molecule has 0 amide bonds. The van der Waals surface area contributed by atoms with Crippen molar-refractivity contribution in [3.05, 3.63) is 12.7 Å². The second kappa shape index (κ2) is 4.47. The Morgan fingerprint density at radius 2 is 2.10 bits per heavy atom. The van der Waals surface area contributed by atoms with Crippen molar-refractivity contribution < 1.29 is 5.11 Å². The fraction of sp³-hybridized carbons (Fsp3) is 0.750. The second-order valence-electron chi connectivity index (χ2n) is 2.80. The first-order chi connectivity index (χ1) is 4.59. The first-order valence-electron chi connectivity index (χ1n) is 3.55. The molecule has 0 aliphatic heterocycles. The first-order valence-corrected chi connectivity index (χ1v) is 3.55. The van der Waals surface area contributed by atoms with E-state index >= 15 is 0 Å². The van der Waals surface area contributed by atoms with Crippen LogP contribution in [0.3, 0.4) is 0 Å². The Balaban J connectivity index is 3.68.